The summed E-state index contributed by atoms with van der Waals surface area (Å²) in [5, 5.41) is 0. The van der Waals surface area contributed by atoms with Crippen molar-refractivity contribution in [2.45, 2.75) is 26.7 Å². The lowest BCUT2D eigenvalue weighted by Crippen LogP contribution is -2.05. The minimum absolute atomic E-state index is 0.154. The molecule has 2 aromatic rings. The summed E-state index contributed by atoms with van der Waals surface area (Å²) in [6.07, 6.45) is 3.63. The van der Waals surface area contributed by atoms with Crippen molar-refractivity contribution in [1.29, 1.82) is 0 Å². The van der Waals surface area contributed by atoms with E-state index in [4.69, 9.17) is 14.2 Å². The molecule has 28 heavy (non-hydrogen) atoms. The molecule has 0 saturated heterocycles. The standard InChI is InChI=1S/C22H22FNO4/c1-3-5-12-27-19-11-6-15(14-20(19)26-4-2)13-18-22(25)28-21(24-18)16-7-9-17(23)10-8-16/h6-11,13-14H,3-5,12H2,1-2H3. The Morgan fingerprint density at radius 1 is 1.07 bits per heavy atom. The van der Waals surface area contributed by atoms with Gasteiger partial charge >= 0.3 is 5.97 Å². The van der Waals surface area contributed by atoms with Crippen molar-refractivity contribution in [3.05, 3.63) is 65.1 Å². The first kappa shape index (κ1) is 19.6. The number of benzene rings is 2. The molecule has 0 aromatic heterocycles. The van der Waals surface area contributed by atoms with Crippen molar-refractivity contribution in [3.8, 4) is 11.5 Å². The van der Waals surface area contributed by atoms with Gasteiger partial charge in [0.15, 0.2) is 17.2 Å². The van der Waals surface area contributed by atoms with Gasteiger partial charge in [-0.15, -0.1) is 0 Å². The number of carbonyl (C=O) groups is 1. The second kappa shape index (κ2) is 9.17. The molecule has 0 spiro atoms. The third-order valence-corrected chi connectivity index (χ3v) is 4.04. The number of cyclic esters (lactones) is 1. The molecule has 1 aliphatic rings. The Labute approximate surface area is 163 Å². The first-order valence-electron chi connectivity index (χ1n) is 9.29. The number of ether oxygens (including phenoxy) is 3. The summed E-state index contributed by atoms with van der Waals surface area (Å²) >= 11 is 0. The molecule has 1 heterocycles. The Bertz CT molecular complexity index is 903. The monoisotopic (exact) mass is 383 g/mol. The first-order chi connectivity index (χ1) is 13.6. The lowest BCUT2D eigenvalue weighted by atomic mass is 10.1. The molecule has 1 aliphatic heterocycles. The van der Waals surface area contributed by atoms with Gasteiger partial charge in [0.05, 0.1) is 13.2 Å². The van der Waals surface area contributed by atoms with Crippen molar-refractivity contribution < 1.29 is 23.4 Å². The highest BCUT2D eigenvalue weighted by atomic mass is 19.1. The molecule has 0 saturated carbocycles. The van der Waals surface area contributed by atoms with Gasteiger partial charge in [0, 0.05) is 5.56 Å². The minimum Gasteiger partial charge on any atom is -0.490 e. The summed E-state index contributed by atoms with van der Waals surface area (Å²) in [6, 6.07) is 11.1. The van der Waals surface area contributed by atoms with Crippen LogP contribution in [0, 0.1) is 5.82 Å². The van der Waals surface area contributed by atoms with Crippen LogP contribution in [-0.4, -0.2) is 25.1 Å². The number of unbranched alkanes of at least 4 members (excludes halogenated alkanes) is 1. The molecule has 0 radical (unpaired) electrons. The normalized spacial score (nSPS) is 14.8. The fourth-order valence-electron chi connectivity index (χ4n) is 2.61. The molecule has 2 aromatic carbocycles. The number of hydrogen-bond acceptors (Lipinski definition) is 5. The van der Waals surface area contributed by atoms with Gasteiger partial charge in [-0.2, -0.15) is 0 Å². The maximum atomic E-state index is 13.1. The van der Waals surface area contributed by atoms with Gasteiger partial charge in [0.2, 0.25) is 5.90 Å². The highest BCUT2D eigenvalue weighted by Gasteiger charge is 2.24. The number of nitrogens with zero attached hydrogens (tertiary/aromatic N) is 1. The fourth-order valence-corrected chi connectivity index (χ4v) is 2.61. The number of rotatable bonds is 8. The Balaban J connectivity index is 1.84. The number of carbonyl (C=O) groups excluding carboxylic acids is 1. The summed E-state index contributed by atoms with van der Waals surface area (Å²) in [5.41, 5.74) is 1.44. The molecule has 5 nitrogen and oxygen atoms in total. The molecular weight excluding hydrogens is 361 g/mol. The van der Waals surface area contributed by atoms with Crippen LogP contribution in [0.5, 0.6) is 11.5 Å². The number of aliphatic imine (C=N–C) groups is 1. The molecule has 0 fully saturated rings. The highest BCUT2D eigenvalue weighted by molar-refractivity contribution is 6.12. The topological polar surface area (TPSA) is 57.1 Å². The molecule has 0 bridgehead atoms. The molecule has 3 rings (SSSR count). The Morgan fingerprint density at radius 2 is 1.86 bits per heavy atom. The summed E-state index contributed by atoms with van der Waals surface area (Å²) in [4.78, 5) is 16.4. The quantitative estimate of drug-likeness (QED) is 0.375. The molecule has 0 unspecified atom stereocenters. The van der Waals surface area contributed by atoms with Crippen LogP contribution in [0.3, 0.4) is 0 Å². The van der Waals surface area contributed by atoms with E-state index in [1.165, 1.54) is 24.3 Å². The first-order valence-corrected chi connectivity index (χ1v) is 9.29. The zero-order valence-electron chi connectivity index (χ0n) is 15.9. The van der Waals surface area contributed by atoms with Gasteiger partial charge in [-0.05, 0) is 61.4 Å². The van der Waals surface area contributed by atoms with E-state index in [2.05, 4.69) is 11.9 Å². The lowest BCUT2D eigenvalue weighted by Gasteiger charge is -2.12. The van der Waals surface area contributed by atoms with Crippen LogP contribution in [0.4, 0.5) is 4.39 Å². The van der Waals surface area contributed by atoms with E-state index in [0.29, 0.717) is 30.3 Å². The van der Waals surface area contributed by atoms with Crippen molar-refractivity contribution >= 4 is 17.9 Å². The van der Waals surface area contributed by atoms with Crippen molar-refractivity contribution in [3.63, 3.8) is 0 Å². The van der Waals surface area contributed by atoms with E-state index in [-0.39, 0.29) is 17.4 Å². The van der Waals surface area contributed by atoms with Crippen molar-refractivity contribution in [2.24, 2.45) is 4.99 Å². The van der Waals surface area contributed by atoms with Gasteiger partial charge < -0.3 is 14.2 Å². The third kappa shape index (κ3) is 4.76. The molecule has 0 N–H and O–H groups in total. The predicted molar refractivity (Wildman–Crippen MR) is 105 cm³/mol. The van der Waals surface area contributed by atoms with E-state index in [1.54, 1.807) is 12.1 Å². The van der Waals surface area contributed by atoms with Crippen LogP contribution in [0.1, 0.15) is 37.8 Å². The van der Waals surface area contributed by atoms with Gasteiger partial charge in [-0.3, -0.25) is 0 Å². The van der Waals surface area contributed by atoms with Crippen LogP contribution in [0.15, 0.2) is 53.2 Å². The maximum Gasteiger partial charge on any atom is 0.363 e. The van der Waals surface area contributed by atoms with Crippen molar-refractivity contribution in [1.82, 2.24) is 0 Å². The summed E-state index contributed by atoms with van der Waals surface area (Å²) < 4.78 is 29.7. The minimum atomic E-state index is -0.555. The third-order valence-electron chi connectivity index (χ3n) is 4.04. The number of esters is 1. The summed E-state index contributed by atoms with van der Waals surface area (Å²) in [6.45, 7) is 5.12. The van der Waals surface area contributed by atoms with Gasteiger partial charge in [-0.1, -0.05) is 19.4 Å². The maximum absolute atomic E-state index is 13.1. The van der Waals surface area contributed by atoms with E-state index < -0.39 is 5.97 Å². The van der Waals surface area contributed by atoms with Crippen LogP contribution in [0.25, 0.3) is 6.08 Å². The zero-order valence-corrected chi connectivity index (χ0v) is 15.9. The van der Waals surface area contributed by atoms with Crippen LogP contribution in [-0.2, 0) is 9.53 Å². The van der Waals surface area contributed by atoms with Crippen LogP contribution in [0.2, 0.25) is 0 Å². The van der Waals surface area contributed by atoms with E-state index in [9.17, 15) is 9.18 Å². The Hall–Kier alpha value is -3.15. The van der Waals surface area contributed by atoms with E-state index in [0.717, 1.165) is 18.4 Å². The smallest absolute Gasteiger partial charge is 0.363 e. The SMILES string of the molecule is CCCCOc1ccc(C=C2N=C(c3ccc(F)cc3)OC2=O)cc1OCC. The average Bonchev–Trinajstić information content (AvgIpc) is 3.05. The lowest BCUT2D eigenvalue weighted by molar-refractivity contribution is -0.129. The second-order valence-electron chi connectivity index (χ2n) is 6.18. The summed E-state index contributed by atoms with van der Waals surface area (Å²) in [5.74, 6) is 0.513. The number of hydrogen-bond donors (Lipinski definition) is 0. The van der Waals surface area contributed by atoms with Gasteiger partial charge in [0.25, 0.3) is 0 Å². The fraction of sp³-hybridized carbons (Fsp3) is 0.273. The largest absolute Gasteiger partial charge is 0.490 e. The molecule has 0 atom stereocenters. The zero-order chi connectivity index (χ0) is 19.9. The number of halogens is 1. The Kier molecular flexibility index (Phi) is 6.42. The van der Waals surface area contributed by atoms with Gasteiger partial charge in [-0.25, -0.2) is 14.2 Å². The molecule has 0 aliphatic carbocycles. The molecule has 0 amide bonds. The van der Waals surface area contributed by atoms with E-state index in [1.807, 2.05) is 19.1 Å². The van der Waals surface area contributed by atoms with Crippen molar-refractivity contribution in [2.75, 3.05) is 13.2 Å². The average molecular weight is 383 g/mol. The van der Waals surface area contributed by atoms with Gasteiger partial charge in [0.1, 0.15) is 5.82 Å². The van der Waals surface area contributed by atoms with E-state index >= 15 is 0 Å². The predicted octanol–water partition coefficient (Wildman–Crippen LogP) is 4.75. The Morgan fingerprint density at radius 3 is 2.57 bits per heavy atom. The van der Waals surface area contributed by atoms with Crippen LogP contribution >= 0.6 is 0 Å². The summed E-state index contributed by atoms with van der Waals surface area (Å²) in [7, 11) is 0. The second-order valence-corrected chi connectivity index (χ2v) is 6.18. The van der Waals surface area contributed by atoms with Crippen LogP contribution < -0.4 is 9.47 Å². The highest BCUT2D eigenvalue weighted by Crippen LogP contribution is 2.30. The molecule has 6 heteroatoms. The molecular formula is C22H22FNO4. The molecule has 146 valence electrons.